The van der Waals surface area contributed by atoms with Gasteiger partial charge in [0.05, 0.1) is 5.69 Å². The molecule has 0 saturated heterocycles. The molecule has 1 aliphatic heterocycles. The lowest BCUT2D eigenvalue weighted by Gasteiger charge is -2.22. The zero-order valence-electron chi connectivity index (χ0n) is 8.79. The Bertz CT molecular complexity index is 322. The third-order valence-corrected chi connectivity index (χ3v) is 2.71. The molecule has 0 spiro atoms. The maximum absolute atomic E-state index is 5.14. The van der Waals surface area contributed by atoms with E-state index in [1.165, 1.54) is 5.56 Å². The van der Waals surface area contributed by atoms with Crippen LogP contribution in [0, 0.1) is 13.8 Å². The van der Waals surface area contributed by atoms with Crippen molar-refractivity contribution in [3.63, 3.8) is 0 Å². The first-order valence-electron chi connectivity index (χ1n) is 5.06. The van der Waals surface area contributed by atoms with Gasteiger partial charge in [-0.05, 0) is 20.3 Å². The Morgan fingerprint density at radius 1 is 1.43 bits per heavy atom. The minimum atomic E-state index is 0.956. The predicted octanol–water partition coefficient (Wildman–Crippen LogP) is 2.05. The van der Waals surface area contributed by atoms with Gasteiger partial charge in [0.2, 0.25) is 0 Å². The van der Waals surface area contributed by atoms with E-state index in [1.54, 1.807) is 0 Å². The summed E-state index contributed by atoms with van der Waals surface area (Å²) in [4.78, 5) is 2.41. The zero-order chi connectivity index (χ0) is 9.97. The highest BCUT2D eigenvalue weighted by atomic mass is 16.5. The second-order valence-corrected chi connectivity index (χ2v) is 3.80. The highest BCUT2D eigenvalue weighted by Crippen LogP contribution is 2.16. The first-order valence-corrected chi connectivity index (χ1v) is 5.06. The smallest absolute Gasteiger partial charge is 0.138 e. The van der Waals surface area contributed by atoms with Crippen LogP contribution in [0.5, 0.6) is 0 Å². The van der Waals surface area contributed by atoms with Gasteiger partial charge in [0.25, 0.3) is 0 Å². The fourth-order valence-electron chi connectivity index (χ4n) is 1.78. The molecule has 76 valence electrons. The Morgan fingerprint density at radius 2 is 2.29 bits per heavy atom. The van der Waals surface area contributed by atoms with Gasteiger partial charge in [-0.25, -0.2) is 0 Å². The van der Waals surface area contributed by atoms with Crippen molar-refractivity contribution in [2.75, 3.05) is 13.1 Å². The summed E-state index contributed by atoms with van der Waals surface area (Å²) in [5.74, 6) is 0.956. The van der Waals surface area contributed by atoms with Gasteiger partial charge < -0.3 is 4.52 Å². The van der Waals surface area contributed by atoms with Crippen LogP contribution in [0.15, 0.2) is 16.7 Å². The normalized spacial score (nSPS) is 17.6. The molecule has 1 aromatic heterocycles. The van der Waals surface area contributed by atoms with Crippen molar-refractivity contribution in [1.82, 2.24) is 10.1 Å². The van der Waals surface area contributed by atoms with Crippen molar-refractivity contribution < 1.29 is 4.52 Å². The topological polar surface area (TPSA) is 29.3 Å². The number of hydrogen-bond donors (Lipinski definition) is 0. The molecule has 2 heterocycles. The summed E-state index contributed by atoms with van der Waals surface area (Å²) in [5.41, 5.74) is 2.28. The summed E-state index contributed by atoms with van der Waals surface area (Å²) < 4.78 is 5.14. The van der Waals surface area contributed by atoms with Gasteiger partial charge >= 0.3 is 0 Å². The number of aryl methyl sites for hydroxylation is 2. The Balaban J connectivity index is 2.06. The molecular weight excluding hydrogens is 176 g/mol. The van der Waals surface area contributed by atoms with E-state index >= 15 is 0 Å². The summed E-state index contributed by atoms with van der Waals surface area (Å²) in [6.07, 6.45) is 5.62. The third kappa shape index (κ3) is 1.87. The highest BCUT2D eigenvalue weighted by molar-refractivity contribution is 5.20. The standard InChI is InChI=1S/C11H16N2O/c1-9-11(10(2)14-12-9)8-13-6-4-3-5-7-13/h3-4H,5-8H2,1-2H3. The molecule has 0 atom stereocenters. The Hall–Kier alpha value is -1.09. The van der Waals surface area contributed by atoms with Crippen LogP contribution in [0.1, 0.15) is 23.4 Å². The summed E-state index contributed by atoms with van der Waals surface area (Å²) in [5, 5.41) is 3.96. The van der Waals surface area contributed by atoms with Crippen molar-refractivity contribution in [1.29, 1.82) is 0 Å². The van der Waals surface area contributed by atoms with Crippen molar-refractivity contribution in [3.05, 3.63) is 29.2 Å². The molecule has 0 fully saturated rings. The molecule has 0 N–H and O–H groups in total. The van der Waals surface area contributed by atoms with Crippen LogP contribution in [0.2, 0.25) is 0 Å². The number of aromatic nitrogens is 1. The van der Waals surface area contributed by atoms with Gasteiger partial charge in [0, 0.05) is 25.2 Å². The number of rotatable bonds is 2. The van der Waals surface area contributed by atoms with Crippen LogP contribution < -0.4 is 0 Å². The third-order valence-electron chi connectivity index (χ3n) is 2.71. The van der Waals surface area contributed by atoms with Gasteiger partial charge in [-0.15, -0.1) is 0 Å². The largest absolute Gasteiger partial charge is 0.361 e. The van der Waals surface area contributed by atoms with Gasteiger partial charge in [0.15, 0.2) is 0 Å². The molecule has 1 aromatic rings. The lowest BCUT2D eigenvalue weighted by Crippen LogP contribution is -2.27. The SMILES string of the molecule is Cc1noc(C)c1CN1CC=CCC1. The van der Waals surface area contributed by atoms with Gasteiger partial charge in [-0.2, -0.15) is 0 Å². The Labute approximate surface area is 84.4 Å². The maximum Gasteiger partial charge on any atom is 0.138 e. The molecule has 0 amide bonds. The van der Waals surface area contributed by atoms with E-state index in [9.17, 15) is 0 Å². The maximum atomic E-state index is 5.14. The van der Waals surface area contributed by atoms with E-state index in [1.807, 2.05) is 13.8 Å². The molecule has 0 radical (unpaired) electrons. The van der Waals surface area contributed by atoms with Gasteiger partial charge in [0.1, 0.15) is 5.76 Å². The molecule has 1 aliphatic rings. The first kappa shape index (κ1) is 9.46. The van der Waals surface area contributed by atoms with Crippen LogP contribution in [0.25, 0.3) is 0 Å². The molecule has 0 aromatic carbocycles. The molecule has 14 heavy (non-hydrogen) atoms. The minimum Gasteiger partial charge on any atom is -0.361 e. The fourth-order valence-corrected chi connectivity index (χ4v) is 1.78. The van der Waals surface area contributed by atoms with Crippen LogP contribution in [-0.2, 0) is 6.54 Å². The molecule has 0 saturated carbocycles. The summed E-state index contributed by atoms with van der Waals surface area (Å²) in [6.45, 7) is 7.14. The van der Waals surface area contributed by atoms with E-state index in [-0.39, 0.29) is 0 Å². The van der Waals surface area contributed by atoms with Crippen molar-refractivity contribution in [2.45, 2.75) is 26.8 Å². The summed E-state index contributed by atoms with van der Waals surface area (Å²) in [6, 6.07) is 0. The zero-order valence-corrected chi connectivity index (χ0v) is 8.79. The van der Waals surface area contributed by atoms with Crippen LogP contribution in [0.4, 0.5) is 0 Å². The molecule has 2 rings (SSSR count). The lowest BCUT2D eigenvalue weighted by molar-refractivity contribution is 0.288. The monoisotopic (exact) mass is 192 g/mol. The van der Waals surface area contributed by atoms with Crippen molar-refractivity contribution in [2.24, 2.45) is 0 Å². The van der Waals surface area contributed by atoms with E-state index in [0.717, 1.165) is 37.5 Å². The average molecular weight is 192 g/mol. The van der Waals surface area contributed by atoms with E-state index in [4.69, 9.17) is 4.52 Å². The minimum absolute atomic E-state index is 0.956. The molecule has 0 bridgehead atoms. The van der Waals surface area contributed by atoms with E-state index in [2.05, 4.69) is 22.2 Å². The first-order chi connectivity index (χ1) is 6.77. The molecular formula is C11H16N2O. The second-order valence-electron chi connectivity index (χ2n) is 3.80. The molecule has 3 nitrogen and oxygen atoms in total. The quantitative estimate of drug-likeness (QED) is 0.672. The van der Waals surface area contributed by atoms with Crippen LogP contribution in [0.3, 0.4) is 0 Å². The lowest BCUT2D eigenvalue weighted by atomic mass is 10.1. The van der Waals surface area contributed by atoms with Crippen LogP contribution >= 0.6 is 0 Å². The molecule has 0 aliphatic carbocycles. The summed E-state index contributed by atoms with van der Waals surface area (Å²) in [7, 11) is 0. The number of nitrogens with zero attached hydrogens (tertiary/aromatic N) is 2. The van der Waals surface area contributed by atoms with Crippen LogP contribution in [-0.4, -0.2) is 23.1 Å². The molecule has 3 heteroatoms. The second kappa shape index (κ2) is 3.96. The fraction of sp³-hybridized carbons (Fsp3) is 0.545. The Kier molecular flexibility index (Phi) is 2.68. The van der Waals surface area contributed by atoms with Gasteiger partial charge in [-0.3, -0.25) is 4.90 Å². The Morgan fingerprint density at radius 3 is 2.86 bits per heavy atom. The van der Waals surface area contributed by atoms with Crippen molar-refractivity contribution in [3.8, 4) is 0 Å². The van der Waals surface area contributed by atoms with E-state index < -0.39 is 0 Å². The van der Waals surface area contributed by atoms with Crippen molar-refractivity contribution >= 4 is 0 Å². The predicted molar refractivity (Wildman–Crippen MR) is 55.0 cm³/mol. The number of hydrogen-bond acceptors (Lipinski definition) is 3. The molecule has 0 unspecified atom stereocenters. The van der Waals surface area contributed by atoms with Gasteiger partial charge in [-0.1, -0.05) is 17.3 Å². The highest BCUT2D eigenvalue weighted by Gasteiger charge is 2.13. The van der Waals surface area contributed by atoms with E-state index in [0.29, 0.717) is 0 Å². The average Bonchev–Trinajstić information content (AvgIpc) is 2.51. The summed E-state index contributed by atoms with van der Waals surface area (Å²) >= 11 is 0.